The smallest absolute Gasteiger partial charge is 0.163 e. The lowest BCUT2D eigenvalue weighted by atomic mass is 9.52. The van der Waals surface area contributed by atoms with Crippen LogP contribution >= 0.6 is 0 Å². The molecule has 6 rings (SSSR count). The minimum atomic E-state index is -0.708. The van der Waals surface area contributed by atoms with Crippen LogP contribution in [0.4, 0.5) is 8.78 Å². The fourth-order valence-corrected chi connectivity index (χ4v) is 7.03. The highest BCUT2D eigenvalue weighted by Crippen LogP contribution is 2.60. The number of rotatable bonds is 2. The van der Waals surface area contributed by atoms with Crippen molar-refractivity contribution >= 4 is 0 Å². The molecule has 1 aromatic rings. The molecule has 5 fully saturated rings. The molecule has 4 aliphatic carbocycles. The maximum atomic E-state index is 14.5. The summed E-state index contributed by atoms with van der Waals surface area (Å²) in [5.41, 5.74) is 0.587. The topological polar surface area (TPSA) is 3.24 Å². The van der Waals surface area contributed by atoms with Gasteiger partial charge >= 0.3 is 0 Å². The molecule has 1 aromatic carbocycles. The molecule has 4 saturated carbocycles. The van der Waals surface area contributed by atoms with E-state index in [0.29, 0.717) is 11.6 Å². The summed E-state index contributed by atoms with van der Waals surface area (Å²) in [6.45, 7) is 5.42. The first-order valence-electron chi connectivity index (χ1n) is 9.63. The molecule has 0 N–H and O–H groups in total. The van der Waals surface area contributed by atoms with Gasteiger partial charge in [-0.05, 0) is 67.3 Å². The lowest BCUT2D eigenvalue weighted by Crippen LogP contribution is -2.66. The van der Waals surface area contributed by atoms with E-state index in [1.807, 2.05) is 0 Å². The first kappa shape index (κ1) is 15.3. The number of hydrogen-bond acceptors (Lipinski definition) is 1. The summed E-state index contributed by atoms with van der Waals surface area (Å²) in [5, 5.41) is 0. The van der Waals surface area contributed by atoms with Crippen molar-refractivity contribution in [3.63, 3.8) is 0 Å². The van der Waals surface area contributed by atoms with Crippen LogP contribution in [0.1, 0.15) is 57.6 Å². The Labute approximate surface area is 143 Å². The minimum absolute atomic E-state index is 0.0172. The van der Waals surface area contributed by atoms with Gasteiger partial charge in [-0.1, -0.05) is 26.0 Å². The van der Waals surface area contributed by atoms with Crippen molar-refractivity contribution in [2.75, 3.05) is 6.54 Å². The Hall–Kier alpha value is -0.960. The van der Waals surface area contributed by atoms with Crippen LogP contribution in [-0.4, -0.2) is 17.5 Å². The largest absolute Gasteiger partial charge is 0.292 e. The third-order valence-corrected chi connectivity index (χ3v) is 7.50. The maximum absolute atomic E-state index is 14.5. The SMILES string of the molecule is CC1(C)CN(C2C3CC4CC(C3)CC2C4)C1c1cccc(F)c1F. The summed E-state index contributed by atoms with van der Waals surface area (Å²) in [6.07, 6.45) is 6.92. The lowest BCUT2D eigenvalue weighted by Gasteiger charge is -2.65. The lowest BCUT2D eigenvalue weighted by molar-refractivity contribution is -0.159. The van der Waals surface area contributed by atoms with Gasteiger partial charge in [-0.25, -0.2) is 8.78 Å². The molecule has 1 aliphatic heterocycles. The quantitative estimate of drug-likeness (QED) is 0.722. The second-order valence-corrected chi connectivity index (χ2v) is 9.63. The average Bonchev–Trinajstić information content (AvgIpc) is 2.49. The molecule has 0 spiro atoms. The van der Waals surface area contributed by atoms with Gasteiger partial charge in [0.1, 0.15) is 0 Å². The monoisotopic (exact) mass is 331 g/mol. The van der Waals surface area contributed by atoms with Gasteiger partial charge in [-0.2, -0.15) is 0 Å². The maximum Gasteiger partial charge on any atom is 0.163 e. The van der Waals surface area contributed by atoms with Gasteiger partial charge in [0.25, 0.3) is 0 Å². The molecule has 1 saturated heterocycles. The van der Waals surface area contributed by atoms with E-state index in [1.54, 1.807) is 12.1 Å². The summed E-state index contributed by atoms with van der Waals surface area (Å²) in [7, 11) is 0. The number of nitrogens with zero attached hydrogens (tertiary/aromatic N) is 1. The average molecular weight is 331 g/mol. The van der Waals surface area contributed by atoms with Gasteiger partial charge in [0, 0.05) is 24.2 Å². The van der Waals surface area contributed by atoms with E-state index in [4.69, 9.17) is 0 Å². The van der Waals surface area contributed by atoms with Crippen molar-refractivity contribution in [3.8, 4) is 0 Å². The minimum Gasteiger partial charge on any atom is -0.292 e. The molecule has 130 valence electrons. The predicted octanol–water partition coefficient (Wildman–Crippen LogP) is 5.17. The number of likely N-dealkylation sites (tertiary alicyclic amines) is 1. The first-order valence-corrected chi connectivity index (χ1v) is 9.63. The van der Waals surface area contributed by atoms with E-state index >= 15 is 0 Å². The van der Waals surface area contributed by atoms with Crippen molar-refractivity contribution in [2.45, 2.75) is 58.0 Å². The van der Waals surface area contributed by atoms with Crippen LogP contribution < -0.4 is 0 Å². The van der Waals surface area contributed by atoms with Crippen LogP contribution in [0, 0.1) is 40.7 Å². The van der Waals surface area contributed by atoms with Crippen LogP contribution in [0.5, 0.6) is 0 Å². The molecule has 0 aromatic heterocycles. The third-order valence-electron chi connectivity index (χ3n) is 7.50. The molecular formula is C21H27F2N. The molecule has 1 nitrogen and oxygen atoms in total. The molecule has 1 heterocycles. The molecule has 1 unspecified atom stereocenters. The highest BCUT2D eigenvalue weighted by molar-refractivity contribution is 5.28. The van der Waals surface area contributed by atoms with Gasteiger partial charge in [-0.15, -0.1) is 0 Å². The molecule has 0 radical (unpaired) electrons. The number of benzene rings is 1. The Morgan fingerprint density at radius 2 is 1.58 bits per heavy atom. The Morgan fingerprint density at radius 1 is 0.958 bits per heavy atom. The zero-order valence-electron chi connectivity index (χ0n) is 14.6. The Bertz CT molecular complexity index is 640. The van der Waals surface area contributed by atoms with E-state index in [9.17, 15) is 8.78 Å². The van der Waals surface area contributed by atoms with Crippen molar-refractivity contribution in [1.82, 2.24) is 4.90 Å². The van der Waals surface area contributed by atoms with Gasteiger partial charge < -0.3 is 0 Å². The van der Waals surface area contributed by atoms with E-state index < -0.39 is 11.6 Å². The van der Waals surface area contributed by atoms with Crippen LogP contribution in [-0.2, 0) is 0 Å². The van der Waals surface area contributed by atoms with E-state index in [1.165, 1.54) is 38.2 Å². The third kappa shape index (κ3) is 2.06. The Balaban J connectivity index is 1.49. The fourth-order valence-electron chi connectivity index (χ4n) is 7.03. The van der Waals surface area contributed by atoms with Crippen LogP contribution in [0.2, 0.25) is 0 Å². The van der Waals surface area contributed by atoms with E-state index in [-0.39, 0.29) is 11.5 Å². The van der Waals surface area contributed by atoms with Crippen molar-refractivity contribution < 1.29 is 8.78 Å². The standard InChI is InChI=1S/C21H27F2N/c1-21(2)11-24(20(21)16-4-3-5-17(22)18(16)23)19-14-7-12-6-13(9-14)10-15(19)8-12/h3-5,12-15,19-20H,6-11H2,1-2H3. The molecule has 1 atom stereocenters. The number of hydrogen-bond donors (Lipinski definition) is 0. The summed E-state index contributed by atoms with van der Waals surface area (Å²) in [4.78, 5) is 2.55. The molecule has 3 heteroatoms. The van der Waals surface area contributed by atoms with Crippen LogP contribution in [0.15, 0.2) is 18.2 Å². The summed E-state index contributed by atoms with van der Waals surface area (Å²) < 4.78 is 28.3. The predicted molar refractivity (Wildman–Crippen MR) is 90.4 cm³/mol. The fraction of sp³-hybridized carbons (Fsp3) is 0.714. The molecule has 5 aliphatic rings. The summed E-state index contributed by atoms with van der Waals surface area (Å²) in [5.74, 6) is 2.13. The molecular weight excluding hydrogens is 304 g/mol. The normalized spacial score (nSPS) is 43.0. The van der Waals surface area contributed by atoms with Gasteiger partial charge in [0.05, 0.1) is 0 Å². The highest BCUT2D eigenvalue weighted by atomic mass is 19.2. The molecule has 4 bridgehead atoms. The second-order valence-electron chi connectivity index (χ2n) is 9.63. The Morgan fingerprint density at radius 3 is 2.17 bits per heavy atom. The van der Waals surface area contributed by atoms with Gasteiger partial charge in [-0.3, -0.25) is 4.90 Å². The van der Waals surface area contributed by atoms with Crippen LogP contribution in [0.3, 0.4) is 0 Å². The zero-order valence-corrected chi connectivity index (χ0v) is 14.6. The highest BCUT2D eigenvalue weighted by Gasteiger charge is 2.57. The first-order chi connectivity index (χ1) is 11.4. The van der Waals surface area contributed by atoms with Crippen molar-refractivity contribution in [1.29, 1.82) is 0 Å². The molecule has 0 amide bonds. The number of halogens is 2. The molecule has 24 heavy (non-hydrogen) atoms. The van der Waals surface area contributed by atoms with Gasteiger partial charge in [0.2, 0.25) is 0 Å². The summed E-state index contributed by atoms with van der Waals surface area (Å²) in [6, 6.07) is 5.32. The van der Waals surface area contributed by atoms with E-state index in [0.717, 1.165) is 30.2 Å². The Kier molecular flexibility index (Phi) is 3.21. The van der Waals surface area contributed by atoms with E-state index in [2.05, 4.69) is 18.7 Å². The van der Waals surface area contributed by atoms with Crippen LogP contribution in [0.25, 0.3) is 0 Å². The zero-order chi connectivity index (χ0) is 16.6. The second kappa shape index (κ2) is 5.03. The summed E-state index contributed by atoms with van der Waals surface area (Å²) >= 11 is 0. The van der Waals surface area contributed by atoms with Crippen molar-refractivity contribution in [2.24, 2.45) is 29.1 Å². The van der Waals surface area contributed by atoms with Gasteiger partial charge in [0.15, 0.2) is 11.6 Å². The van der Waals surface area contributed by atoms with Crippen molar-refractivity contribution in [3.05, 3.63) is 35.4 Å².